The molecule has 3 nitrogen and oxygen atoms in total. The van der Waals surface area contributed by atoms with Crippen LogP contribution in [-0.2, 0) is 0 Å². The van der Waals surface area contributed by atoms with Crippen molar-refractivity contribution in [2.45, 2.75) is 19.8 Å². The first kappa shape index (κ1) is 13.7. The fourth-order valence-electron chi connectivity index (χ4n) is 2.04. The number of ether oxygens (including phenoxy) is 1. The molecule has 0 saturated heterocycles. The summed E-state index contributed by atoms with van der Waals surface area (Å²) in [5.74, 6) is 0.911. The molecule has 3 heteroatoms. The predicted molar refractivity (Wildman–Crippen MR) is 81.9 cm³/mol. The van der Waals surface area contributed by atoms with E-state index in [0.717, 1.165) is 25.1 Å². The van der Waals surface area contributed by atoms with Gasteiger partial charge in [-0.25, -0.2) is 0 Å². The molecule has 2 rings (SSSR count). The molecule has 3 N–H and O–H groups in total. The second-order valence-corrected chi connectivity index (χ2v) is 4.61. The van der Waals surface area contributed by atoms with E-state index in [1.165, 1.54) is 16.5 Å². The first-order valence-electron chi connectivity index (χ1n) is 6.94. The van der Waals surface area contributed by atoms with Gasteiger partial charge in [0.25, 0.3) is 0 Å². The number of hydrogen-bond acceptors (Lipinski definition) is 3. The zero-order valence-corrected chi connectivity index (χ0v) is 11.5. The van der Waals surface area contributed by atoms with Gasteiger partial charge in [0.1, 0.15) is 5.75 Å². The van der Waals surface area contributed by atoms with E-state index in [9.17, 15) is 0 Å². The Morgan fingerprint density at radius 2 is 2.11 bits per heavy atom. The molecule has 0 radical (unpaired) electrons. The normalized spacial score (nSPS) is 10.6. The van der Waals surface area contributed by atoms with E-state index in [0.29, 0.717) is 13.2 Å². The zero-order valence-electron chi connectivity index (χ0n) is 11.5. The maximum Gasteiger partial charge on any atom is 0.119 e. The number of anilines is 1. The third kappa shape index (κ3) is 3.61. The summed E-state index contributed by atoms with van der Waals surface area (Å²) in [5.41, 5.74) is 6.65. The largest absolute Gasteiger partial charge is 0.494 e. The van der Waals surface area contributed by atoms with Gasteiger partial charge in [0, 0.05) is 17.6 Å². The van der Waals surface area contributed by atoms with Crippen molar-refractivity contribution in [3.63, 3.8) is 0 Å². The van der Waals surface area contributed by atoms with Gasteiger partial charge in [-0.3, -0.25) is 0 Å². The van der Waals surface area contributed by atoms with Gasteiger partial charge in [-0.15, -0.1) is 0 Å². The number of hydrogen-bond donors (Lipinski definition) is 2. The molecule has 19 heavy (non-hydrogen) atoms. The summed E-state index contributed by atoms with van der Waals surface area (Å²) in [6.45, 7) is 4.50. The molecule has 102 valence electrons. The van der Waals surface area contributed by atoms with Crippen LogP contribution in [-0.4, -0.2) is 19.7 Å². The number of nitrogens with one attached hydrogen (secondary N) is 1. The Morgan fingerprint density at radius 1 is 1.21 bits per heavy atom. The minimum Gasteiger partial charge on any atom is -0.494 e. The highest BCUT2D eigenvalue weighted by atomic mass is 16.5. The van der Waals surface area contributed by atoms with Gasteiger partial charge in [0.2, 0.25) is 0 Å². The van der Waals surface area contributed by atoms with Crippen LogP contribution >= 0.6 is 0 Å². The topological polar surface area (TPSA) is 47.3 Å². The molecule has 0 saturated carbocycles. The van der Waals surface area contributed by atoms with Gasteiger partial charge in [-0.05, 0) is 49.0 Å². The lowest BCUT2D eigenvalue weighted by Gasteiger charge is -2.11. The van der Waals surface area contributed by atoms with E-state index in [1.54, 1.807) is 0 Å². The molecule has 2 aromatic rings. The second-order valence-electron chi connectivity index (χ2n) is 4.61. The molecule has 0 aromatic heterocycles. The molecule has 0 amide bonds. The SMILES string of the molecule is CCCNc1cccc2cc(OCCCN)ccc12. The van der Waals surface area contributed by atoms with Gasteiger partial charge < -0.3 is 15.8 Å². The second kappa shape index (κ2) is 7.00. The van der Waals surface area contributed by atoms with Crippen molar-refractivity contribution in [1.29, 1.82) is 0 Å². The van der Waals surface area contributed by atoms with Gasteiger partial charge >= 0.3 is 0 Å². The summed E-state index contributed by atoms with van der Waals surface area (Å²) in [6.07, 6.45) is 2.01. The van der Waals surface area contributed by atoms with Crippen LogP contribution in [0, 0.1) is 0 Å². The standard InChI is InChI=1S/C16H22N2O/c1-2-10-18-16-6-3-5-13-12-14(7-8-15(13)16)19-11-4-9-17/h3,5-8,12,18H,2,4,9-11,17H2,1H3. The van der Waals surface area contributed by atoms with Crippen LogP contribution in [0.1, 0.15) is 19.8 Å². The van der Waals surface area contributed by atoms with E-state index >= 15 is 0 Å². The van der Waals surface area contributed by atoms with Crippen molar-refractivity contribution in [1.82, 2.24) is 0 Å². The van der Waals surface area contributed by atoms with Crippen LogP contribution < -0.4 is 15.8 Å². The Kier molecular flexibility index (Phi) is 5.04. The Morgan fingerprint density at radius 3 is 2.89 bits per heavy atom. The van der Waals surface area contributed by atoms with E-state index in [-0.39, 0.29) is 0 Å². The highest BCUT2D eigenvalue weighted by Gasteiger charge is 2.02. The van der Waals surface area contributed by atoms with Gasteiger partial charge in [-0.1, -0.05) is 19.1 Å². The van der Waals surface area contributed by atoms with Crippen molar-refractivity contribution in [2.75, 3.05) is 25.0 Å². The third-order valence-corrected chi connectivity index (χ3v) is 3.03. The van der Waals surface area contributed by atoms with Gasteiger partial charge in [0.15, 0.2) is 0 Å². The first-order chi connectivity index (χ1) is 9.35. The average Bonchev–Trinajstić information content (AvgIpc) is 2.45. The van der Waals surface area contributed by atoms with E-state index in [4.69, 9.17) is 10.5 Å². The molecule has 0 heterocycles. The molecule has 0 fully saturated rings. The molecular formula is C16H22N2O. The smallest absolute Gasteiger partial charge is 0.119 e. The zero-order chi connectivity index (χ0) is 13.5. The summed E-state index contributed by atoms with van der Waals surface area (Å²) in [7, 11) is 0. The van der Waals surface area contributed by atoms with Crippen molar-refractivity contribution >= 4 is 16.5 Å². The fraction of sp³-hybridized carbons (Fsp3) is 0.375. The van der Waals surface area contributed by atoms with E-state index in [1.807, 2.05) is 6.07 Å². The van der Waals surface area contributed by atoms with Crippen LogP contribution in [0.15, 0.2) is 36.4 Å². The average molecular weight is 258 g/mol. The molecule has 0 aliphatic heterocycles. The summed E-state index contributed by atoms with van der Waals surface area (Å²) in [4.78, 5) is 0. The molecule has 2 aromatic carbocycles. The first-order valence-corrected chi connectivity index (χ1v) is 6.94. The number of nitrogens with two attached hydrogens (primary N) is 1. The summed E-state index contributed by atoms with van der Waals surface area (Å²) < 4.78 is 5.68. The Balaban J connectivity index is 2.19. The molecule has 0 spiro atoms. The lowest BCUT2D eigenvalue weighted by molar-refractivity contribution is 0.314. The molecule has 0 bridgehead atoms. The van der Waals surface area contributed by atoms with Gasteiger partial charge in [0.05, 0.1) is 6.61 Å². The molecule has 0 aliphatic carbocycles. The minimum absolute atomic E-state index is 0.665. The maximum absolute atomic E-state index is 5.68. The lowest BCUT2D eigenvalue weighted by atomic mass is 10.1. The number of rotatable bonds is 7. The van der Waals surface area contributed by atoms with Crippen molar-refractivity contribution in [3.05, 3.63) is 36.4 Å². The fourth-order valence-corrected chi connectivity index (χ4v) is 2.04. The monoisotopic (exact) mass is 258 g/mol. The molecular weight excluding hydrogens is 236 g/mol. The van der Waals surface area contributed by atoms with Crippen molar-refractivity contribution in [2.24, 2.45) is 5.73 Å². The molecule has 0 aliphatic rings. The van der Waals surface area contributed by atoms with Crippen LogP contribution in [0.25, 0.3) is 10.8 Å². The summed E-state index contributed by atoms with van der Waals surface area (Å²) >= 11 is 0. The Labute approximate surface area is 114 Å². The van der Waals surface area contributed by atoms with Crippen LogP contribution in [0.5, 0.6) is 5.75 Å². The summed E-state index contributed by atoms with van der Waals surface area (Å²) in [5, 5.41) is 5.89. The Bertz CT molecular complexity index is 525. The van der Waals surface area contributed by atoms with E-state index < -0.39 is 0 Å². The maximum atomic E-state index is 5.68. The lowest BCUT2D eigenvalue weighted by Crippen LogP contribution is -2.06. The number of fused-ring (bicyclic) bond motifs is 1. The molecule has 0 atom stereocenters. The molecule has 0 unspecified atom stereocenters. The highest BCUT2D eigenvalue weighted by Crippen LogP contribution is 2.27. The third-order valence-electron chi connectivity index (χ3n) is 3.03. The van der Waals surface area contributed by atoms with Crippen LogP contribution in [0.2, 0.25) is 0 Å². The van der Waals surface area contributed by atoms with Gasteiger partial charge in [-0.2, -0.15) is 0 Å². The predicted octanol–water partition coefficient (Wildman–Crippen LogP) is 3.39. The summed E-state index contributed by atoms with van der Waals surface area (Å²) in [6, 6.07) is 12.5. The van der Waals surface area contributed by atoms with Crippen LogP contribution in [0.3, 0.4) is 0 Å². The minimum atomic E-state index is 0.665. The van der Waals surface area contributed by atoms with Crippen LogP contribution in [0.4, 0.5) is 5.69 Å². The highest BCUT2D eigenvalue weighted by molar-refractivity contribution is 5.94. The number of benzene rings is 2. The van der Waals surface area contributed by atoms with Crippen molar-refractivity contribution in [3.8, 4) is 5.75 Å². The van der Waals surface area contributed by atoms with E-state index in [2.05, 4.69) is 42.6 Å². The van der Waals surface area contributed by atoms with Crippen molar-refractivity contribution < 1.29 is 4.74 Å². The Hall–Kier alpha value is -1.74. The quantitative estimate of drug-likeness (QED) is 0.748.